The molecular weight excluding hydrogens is 272 g/mol. The van der Waals surface area contributed by atoms with Crippen LogP contribution in [0.3, 0.4) is 0 Å². The summed E-state index contributed by atoms with van der Waals surface area (Å²) < 4.78 is 7.44. The molecule has 0 atom stereocenters. The van der Waals surface area contributed by atoms with E-state index in [2.05, 4.69) is 15.6 Å². The summed E-state index contributed by atoms with van der Waals surface area (Å²) in [5.74, 6) is 2.35. The van der Waals surface area contributed by atoms with Crippen molar-refractivity contribution in [2.45, 2.75) is 6.42 Å². The van der Waals surface area contributed by atoms with Gasteiger partial charge in [0.25, 0.3) is 0 Å². The maximum Gasteiger partial charge on any atom is 0.120 e. The lowest BCUT2D eigenvalue weighted by Gasteiger charge is -2.10. The lowest BCUT2D eigenvalue weighted by atomic mass is 10.2. The van der Waals surface area contributed by atoms with Crippen molar-refractivity contribution >= 4 is 22.6 Å². The number of alkyl halides is 1. The summed E-state index contributed by atoms with van der Waals surface area (Å²) in [5.41, 5.74) is 3.11. The van der Waals surface area contributed by atoms with Crippen LogP contribution in [-0.2, 0) is 6.42 Å². The van der Waals surface area contributed by atoms with Crippen molar-refractivity contribution in [2.75, 3.05) is 13.0 Å². The van der Waals surface area contributed by atoms with E-state index in [-0.39, 0.29) is 0 Å². The van der Waals surface area contributed by atoms with Gasteiger partial charge in [-0.05, 0) is 24.3 Å². The van der Waals surface area contributed by atoms with E-state index in [1.807, 2.05) is 42.5 Å². The molecule has 20 heavy (non-hydrogen) atoms. The molecule has 0 radical (unpaired) electrons. The van der Waals surface area contributed by atoms with Crippen molar-refractivity contribution in [3.63, 3.8) is 0 Å². The molecule has 1 heterocycles. The Morgan fingerprint density at radius 1 is 1.15 bits per heavy atom. The minimum absolute atomic E-state index is 0.549. The number of nitrogens with zero attached hydrogens (tertiary/aromatic N) is 2. The van der Waals surface area contributed by atoms with Gasteiger partial charge in [0.05, 0.1) is 23.8 Å². The fourth-order valence-corrected chi connectivity index (χ4v) is 2.53. The maximum atomic E-state index is 5.90. The average molecular weight is 287 g/mol. The Morgan fingerprint density at radius 3 is 2.80 bits per heavy atom. The summed E-state index contributed by atoms with van der Waals surface area (Å²) >= 11 is 5.90. The van der Waals surface area contributed by atoms with Crippen LogP contribution in [0.2, 0.25) is 0 Å². The van der Waals surface area contributed by atoms with Gasteiger partial charge in [0.1, 0.15) is 11.6 Å². The molecular formula is C16H15ClN2O. The zero-order chi connectivity index (χ0) is 13.9. The summed E-state index contributed by atoms with van der Waals surface area (Å²) in [6.07, 6.45) is 0.730. The molecule has 2 aromatic carbocycles. The van der Waals surface area contributed by atoms with Gasteiger partial charge >= 0.3 is 0 Å². The molecule has 0 amide bonds. The first kappa shape index (κ1) is 13.0. The minimum atomic E-state index is 0.549. The first-order valence-corrected chi connectivity index (χ1v) is 7.03. The lowest BCUT2D eigenvalue weighted by molar-refractivity contribution is 0.414. The van der Waals surface area contributed by atoms with Crippen molar-refractivity contribution in [1.82, 2.24) is 9.55 Å². The molecule has 0 fully saturated rings. The number of imidazole rings is 1. The van der Waals surface area contributed by atoms with E-state index in [9.17, 15) is 0 Å². The Hall–Kier alpha value is -2.00. The van der Waals surface area contributed by atoms with E-state index in [1.54, 1.807) is 7.11 Å². The first-order chi connectivity index (χ1) is 9.83. The Kier molecular flexibility index (Phi) is 3.61. The highest BCUT2D eigenvalue weighted by Gasteiger charge is 2.11. The van der Waals surface area contributed by atoms with E-state index in [0.29, 0.717) is 5.88 Å². The third-order valence-corrected chi connectivity index (χ3v) is 3.45. The highest BCUT2D eigenvalue weighted by molar-refractivity contribution is 6.17. The fourth-order valence-electron chi connectivity index (χ4n) is 2.37. The third kappa shape index (κ3) is 2.25. The average Bonchev–Trinajstić information content (AvgIpc) is 2.85. The predicted octanol–water partition coefficient (Wildman–Crippen LogP) is 3.82. The van der Waals surface area contributed by atoms with E-state index in [0.717, 1.165) is 34.7 Å². The summed E-state index contributed by atoms with van der Waals surface area (Å²) in [7, 11) is 1.67. The molecule has 0 saturated carbocycles. The topological polar surface area (TPSA) is 27.1 Å². The van der Waals surface area contributed by atoms with Gasteiger partial charge in [-0.15, -0.1) is 11.6 Å². The van der Waals surface area contributed by atoms with Crippen LogP contribution in [-0.4, -0.2) is 22.5 Å². The van der Waals surface area contributed by atoms with Gasteiger partial charge in [0.2, 0.25) is 0 Å². The molecule has 0 spiro atoms. The van der Waals surface area contributed by atoms with Gasteiger partial charge in [0.15, 0.2) is 0 Å². The number of methoxy groups -OCH3 is 1. The highest BCUT2D eigenvalue weighted by atomic mass is 35.5. The van der Waals surface area contributed by atoms with E-state index < -0.39 is 0 Å². The third-order valence-electron chi connectivity index (χ3n) is 3.26. The zero-order valence-corrected chi connectivity index (χ0v) is 12.0. The second-order valence-electron chi connectivity index (χ2n) is 4.49. The first-order valence-electron chi connectivity index (χ1n) is 6.50. The molecule has 0 saturated heterocycles. The Morgan fingerprint density at radius 2 is 2.00 bits per heavy atom. The molecule has 0 aliphatic rings. The molecule has 3 aromatic rings. The number of aromatic nitrogens is 2. The van der Waals surface area contributed by atoms with Crippen molar-refractivity contribution in [2.24, 2.45) is 0 Å². The van der Waals surface area contributed by atoms with Crippen LogP contribution >= 0.6 is 11.6 Å². The number of halogens is 1. The molecule has 0 aliphatic heterocycles. The summed E-state index contributed by atoms with van der Waals surface area (Å²) in [4.78, 5) is 4.67. The molecule has 3 nitrogen and oxygen atoms in total. The van der Waals surface area contributed by atoms with Crippen LogP contribution in [0.4, 0.5) is 0 Å². The summed E-state index contributed by atoms with van der Waals surface area (Å²) in [6, 6.07) is 16.1. The molecule has 0 N–H and O–H groups in total. The van der Waals surface area contributed by atoms with Crippen molar-refractivity contribution < 1.29 is 4.74 Å². The van der Waals surface area contributed by atoms with Crippen molar-refractivity contribution in [1.29, 1.82) is 0 Å². The number of aryl methyl sites for hydroxylation is 1. The molecule has 1 aromatic heterocycles. The van der Waals surface area contributed by atoms with Crippen molar-refractivity contribution in [3.05, 3.63) is 54.4 Å². The predicted molar refractivity (Wildman–Crippen MR) is 82.0 cm³/mol. The van der Waals surface area contributed by atoms with Gasteiger partial charge in [0, 0.05) is 18.4 Å². The van der Waals surface area contributed by atoms with Gasteiger partial charge in [-0.3, -0.25) is 4.57 Å². The number of hydrogen-bond acceptors (Lipinski definition) is 2. The Labute approximate surface area is 122 Å². The minimum Gasteiger partial charge on any atom is -0.497 e. The molecule has 0 unspecified atom stereocenters. The van der Waals surface area contributed by atoms with E-state index in [4.69, 9.17) is 16.3 Å². The monoisotopic (exact) mass is 286 g/mol. The normalized spacial score (nSPS) is 10.9. The number of hydrogen-bond donors (Lipinski definition) is 0. The quantitative estimate of drug-likeness (QED) is 0.682. The maximum absolute atomic E-state index is 5.90. The number of fused-ring (bicyclic) bond motifs is 1. The lowest BCUT2D eigenvalue weighted by Crippen LogP contribution is -2.02. The van der Waals surface area contributed by atoms with Crippen LogP contribution in [0.1, 0.15) is 5.82 Å². The molecule has 3 rings (SSSR count). The summed E-state index contributed by atoms with van der Waals surface area (Å²) in [6.45, 7) is 0. The molecule has 0 bridgehead atoms. The number of para-hydroxylation sites is 2. The van der Waals surface area contributed by atoms with Gasteiger partial charge in [-0.1, -0.05) is 18.2 Å². The van der Waals surface area contributed by atoms with E-state index >= 15 is 0 Å². The second-order valence-corrected chi connectivity index (χ2v) is 4.87. The smallest absolute Gasteiger partial charge is 0.120 e. The van der Waals surface area contributed by atoms with Crippen LogP contribution in [0.15, 0.2) is 48.5 Å². The van der Waals surface area contributed by atoms with E-state index in [1.165, 1.54) is 0 Å². The fraction of sp³-hybridized carbons (Fsp3) is 0.188. The largest absolute Gasteiger partial charge is 0.497 e. The SMILES string of the molecule is COc1cccc(-n2c(CCCl)nc3ccccc32)c1. The molecule has 102 valence electrons. The van der Waals surface area contributed by atoms with Gasteiger partial charge in [-0.25, -0.2) is 4.98 Å². The molecule has 0 aliphatic carbocycles. The second kappa shape index (κ2) is 5.55. The highest BCUT2D eigenvalue weighted by Crippen LogP contribution is 2.24. The number of rotatable bonds is 4. The zero-order valence-electron chi connectivity index (χ0n) is 11.2. The summed E-state index contributed by atoms with van der Waals surface area (Å²) in [5, 5.41) is 0. The van der Waals surface area contributed by atoms with Gasteiger partial charge < -0.3 is 4.74 Å². The van der Waals surface area contributed by atoms with Crippen LogP contribution in [0.25, 0.3) is 16.7 Å². The standard InChI is InChI=1S/C16H15ClN2O/c1-20-13-6-4-5-12(11-13)19-15-8-3-2-7-14(15)18-16(19)9-10-17/h2-8,11H,9-10H2,1H3. The van der Waals surface area contributed by atoms with Crippen LogP contribution in [0, 0.1) is 0 Å². The number of benzene rings is 2. The van der Waals surface area contributed by atoms with Crippen LogP contribution in [0.5, 0.6) is 5.75 Å². The van der Waals surface area contributed by atoms with Gasteiger partial charge in [-0.2, -0.15) is 0 Å². The Bertz CT molecular complexity index is 736. The number of ether oxygens (including phenoxy) is 1. The van der Waals surface area contributed by atoms with Crippen molar-refractivity contribution in [3.8, 4) is 11.4 Å². The Balaban J connectivity index is 2.24. The van der Waals surface area contributed by atoms with Crippen LogP contribution < -0.4 is 4.74 Å². The molecule has 4 heteroatoms.